The second kappa shape index (κ2) is 7.48. The topological polar surface area (TPSA) is 120 Å². The number of nitrogens with zero attached hydrogens (tertiary/aromatic N) is 6. The van der Waals surface area contributed by atoms with E-state index in [1.807, 2.05) is 6.07 Å². The van der Waals surface area contributed by atoms with Crippen LogP contribution in [0.25, 0.3) is 11.0 Å². The zero-order chi connectivity index (χ0) is 23.3. The summed E-state index contributed by atoms with van der Waals surface area (Å²) in [4.78, 5) is 33.6. The minimum absolute atomic E-state index is 0.0641. The lowest BCUT2D eigenvalue weighted by Gasteiger charge is -2.45. The van der Waals surface area contributed by atoms with E-state index in [0.29, 0.717) is 23.8 Å². The van der Waals surface area contributed by atoms with Crippen LogP contribution in [0.15, 0.2) is 50.7 Å². The molecule has 1 fully saturated rings. The third-order valence-corrected chi connectivity index (χ3v) is 6.28. The van der Waals surface area contributed by atoms with E-state index in [2.05, 4.69) is 22.0 Å². The summed E-state index contributed by atoms with van der Waals surface area (Å²) in [6, 6.07) is 9.71. The molecule has 0 unspecified atom stereocenters. The number of benzene rings is 1. The lowest BCUT2D eigenvalue weighted by atomic mass is 9.63. The Kier molecular flexibility index (Phi) is 4.70. The van der Waals surface area contributed by atoms with Gasteiger partial charge in [0.2, 0.25) is 5.89 Å². The van der Waals surface area contributed by atoms with Gasteiger partial charge in [-0.25, -0.2) is 19.2 Å². The normalized spacial score (nSPS) is 19.9. The fraction of sp³-hybridized carbons (Fsp3) is 0.304. The van der Waals surface area contributed by atoms with Crippen LogP contribution in [-0.2, 0) is 12.0 Å². The van der Waals surface area contributed by atoms with Crippen LogP contribution >= 0.6 is 0 Å². The Morgan fingerprint density at radius 3 is 2.70 bits per heavy atom. The summed E-state index contributed by atoms with van der Waals surface area (Å²) >= 11 is 0. The minimum atomic E-state index is -0.588. The highest BCUT2D eigenvalue weighted by Crippen LogP contribution is 2.49. The maximum atomic E-state index is 13.2. The average molecular weight is 446 g/mol. The van der Waals surface area contributed by atoms with Crippen molar-refractivity contribution in [1.29, 1.82) is 5.26 Å². The highest BCUT2D eigenvalue weighted by Gasteiger charge is 2.44. The van der Waals surface area contributed by atoms with Gasteiger partial charge < -0.3 is 4.42 Å². The van der Waals surface area contributed by atoms with Crippen LogP contribution in [0.1, 0.15) is 48.5 Å². The molecule has 1 saturated carbocycles. The van der Waals surface area contributed by atoms with Crippen molar-refractivity contribution in [2.75, 3.05) is 0 Å². The molecule has 4 aromatic rings. The highest BCUT2D eigenvalue weighted by atomic mass is 19.1. The molecule has 3 aromatic heterocycles. The van der Waals surface area contributed by atoms with Gasteiger partial charge >= 0.3 is 5.76 Å². The van der Waals surface area contributed by atoms with E-state index in [1.165, 1.54) is 33.8 Å². The van der Waals surface area contributed by atoms with Gasteiger partial charge in [0.25, 0.3) is 5.56 Å². The largest absolute Gasteiger partial charge is 0.437 e. The van der Waals surface area contributed by atoms with Gasteiger partial charge in [0, 0.05) is 0 Å². The van der Waals surface area contributed by atoms with Gasteiger partial charge in [-0.1, -0.05) is 19.1 Å². The van der Waals surface area contributed by atoms with E-state index >= 15 is 0 Å². The third kappa shape index (κ3) is 3.51. The van der Waals surface area contributed by atoms with E-state index in [0.717, 1.165) is 5.56 Å². The summed E-state index contributed by atoms with van der Waals surface area (Å²) in [5.41, 5.74) is 1.43. The molecule has 0 saturated heterocycles. The standard InChI is InChI=1S/C23H19FN6O3/c1-13-7-16(10-25)27-20-19(13)21(31)29(12-26-20)11-18-28-30(22(32)33-18)17-8-23(2,9-17)14-3-5-15(24)6-4-14/h3-7,12,17H,8-9,11H2,1-2H3/t17-,23-. The molecule has 1 aliphatic rings. The number of nitriles is 1. The molecule has 0 amide bonds. The lowest BCUT2D eigenvalue weighted by Crippen LogP contribution is -2.42. The van der Waals surface area contributed by atoms with Crippen LogP contribution in [0.3, 0.4) is 0 Å². The summed E-state index contributed by atoms with van der Waals surface area (Å²) < 4.78 is 21.1. The Labute approximate surface area is 186 Å². The van der Waals surface area contributed by atoms with Crippen molar-refractivity contribution in [3.63, 3.8) is 0 Å². The smallest absolute Gasteiger partial charge is 0.390 e. The fourth-order valence-electron chi connectivity index (χ4n) is 4.51. The van der Waals surface area contributed by atoms with E-state index < -0.39 is 5.76 Å². The number of pyridine rings is 1. The van der Waals surface area contributed by atoms with Crippen LogP contribution in [0.2, 0.25) is 0 Å². The Morgan fingerprint density at radius 2 is 2.00 bits per heavy atom. The first-order valence-corrected chi connectivity index (χ1v) is 10.4. The molecule has 0 atom stereocenters. The molecule has 3 heterocycles. The van der Waals surface area contributed by atoms with Crippen molar-refractivity contribution in [3.05, 3.63) is 86.1 Å². The van der Waals surface area contributed by atoms with Gasteiger partial charge in [-0.05, 0) is 54.5 Å². The summed E-state index contributed by atoms with van der Waals surface area (Å²) in [5.74, 6) is -0.780. The molecule has 0 radical (unpaired) electrons. The predicted molar refractivity (Wildman–Crippen MR) is 115 cm³/mol. The minimum Gasteiger partial charge on any atom is -0.390 e. The molecule has 1 aliphatic carbocycles. The van der Waals surface area contributed by atoms with Gasteiger partial charge in [-0.3, -0.25) is 9.36 Å². The quantitative estimate of drug-likeness (QED) is 0.473. The monoisotopic (exact) mass is 446 g/mol. The summed E-state index contributed by atoms with van der Waals surface area (Å²) in [6.45, 7) is 3.71. The molecule has 9 nitrogen and oxygen atoms in total. The molecule has 1 aromatic carbocycles. The molecule has 0 N–H and O–H groups in total. The first-order valence-electron chi connectivity index (χ1n) is 10.4. The number of aromatic nitrogens is 5. The number of halogens is 1. The predicted octanol–water partition coefficient (Wildman–Crippen LogP) is 2.60. The van der Waals surface area contributed by atoms with Crippen LogP contribution in [0, 0.1) is 24.1 Å². The highest BCUT2D eigenvalue weighted by molar-refractivity contribution is 5.77. The second-order valence-corrected chi connectivity index (χ2v) is 8.65. The van der Waals surface area contributed by atoms with Crippen molar-refractivity contribution in [2.24, 2.45) is 0 Å². The van der Waals surface area contributed by atoms with Crippen molar-refractivity contribution in [1.82, 2.24) is 24.3 Å². The molecule has 0 bridgehead atoms. The zero-order valence-corrected chi connectivity index (χ0v) is 17.9. The molecular formula is C23H19FN6O3. The third-order valence-electron chi connectivity index (χ3n) is 6.28. The second-order valence-electron chi connectivity index (χ2n) is 8.65. The van der Waals surface area contributed by atoms with Crippen molar-refractivity contribution in [2.45, 2.75) is 44.7 Å². The van der Waals surface area contributed by atoms with E-state index in [9.17, 15) is 14.0 Å². The first-order chi connectivity index (χ1) is 15.8. The number of hydrogen-bond donors (Lipinski definition) is 0. The van der Waals surface area contributed by atoms with Crippen LogP contribution in [-0.4, -0.2) is 24.3 Å². The van der Waals surface area contributed by atoms with Crippen LogP contribution in [0.4, 0.5) is 4.39 Å². The molecule has 0 aliphatic heterocycles. The van der Waals surface area contributed by atoms with E-state index in [-0.39, 0.29) is 46.6 Å². The molecule has 5 rings (SSSR count). The van der Waals surface area contributed by atoms with Gasteiger partial charge in [-0.2, -0.15) is 9.94 Å². The first kappa shape index (κ1) is 20.8. The summed E-state index contributed by atoms with van der Waals surface area (Å²) in [6.07, 6.45) is 2.62. The molecule has 33 heavy (non-hydrogen) atoms. The molecule has 0 spiro atoms. The fourth-order valence-corrected chi connectivity index (χ4v) is 4.51. The van der Waals surface area contributed by atoms with E-state index in [1.54, 1.807) is 19.1 Å². The molecule has 10 heteroatoms. The Bertz CT molecular complexity index is 1540. The Morgan fingerprint density at radius 1 is 1.27 bits per heavy atom. The van der Waals surface area contributed by atoms with Crippen molar-refractivity contribution in [3.8, 4) is 6.07 Å². The van der Waals surface area contributed by atoms with E-state index in [4.69, 9.17) is 9.68 Å². The summed E-state index contributed by atoms with van der Waals surface area (Å²) in [5, 5.41) is 13.7. The maximum absolute atomic E-state index is 13.2. The number of hydrogen-bond acceptors (Lipinski definition) is 7. The van der Waals surface area contributed by atoms with Gasteiger partial charge in [0.15, 0.2) is 5.65 Å². The number of aryl methyl sites for hydroxylation is 1. The zero-order valence-electron chi connectivity index (χ0n) is 17.9. The van der Waals surface area contributed by atoms with Crippen molar-refractivity contribution < 1.29 is 8.81 Å². The van der Waals surface area contributed by atoms with Crippen LogP contribution in [0.5, 0.6) is 0 Å². The summed E-state index contributed by atoms with van der Waals surface area (Å²) in [7, 11) is 0. The molecular weight excluding hydrogens is 427 g/mol. The van der Waals surface area contributed by atoms with Crippen LogP contribution < -0.4 is 11.3 Å². The lowest BCUT2D eigenvalue weighted by molar-refractivity contribution is 0.147. The maximum Gasteiger partial charge on any atom is 0.437 e. The number of rotatable bonds is 4. The number of fused-ring (bicyclic) bond motifs is 1. The van der Waals surface area contributed by atoms with Crippen molar-refractivity contribution >= 4 is 11.0 Å². The van der Waals surface area contributed by atoms with Gasteiger partial charge in [0.1, 0.15) is 30.5 Å². The average Bonchev–Trinajstić information content (AvgIpc) is 3.13. The molecule has 166 valence electrons. The SMILES string of the molecule is Cc1cc(C#N)nc2ncn(Cc3nn([C@H]4C[C@](C)(c5ccc(F)cc5)C4)c(=O)o3)c(=O)c12. The van der Waals surface area contributed by atoms with Gasteiger partial charge in [0.05, 0.1) is 11.4 Å². The van der Waals surface area contributed by atoms with Gasteiger partial charge in [-0.15, -0.1) is 5.10 Å². The Hall–Kier alpha value is -4.13. The Balaban J connectivity index is 1.39.